The zero-order chi connectivity index (χ0) is 51.3. The van der Waals surface area contributed by atoms with E-state index >= 15 is 0 Å². The van der Waals surface area contributed by atoms with Crippen molar-refractivity contribution in [3.8, 4) is 0 Å². The molecule has 402 valence electrons. The Balaban J connectivity index is 2.67. The molecule has 0 heterocycles. The van der Waals surface area contributed by atoms with Crippen LogP contribution in [0.25, 0.3) is 0 Å². The number of ether oxygens (including phenoxy) is 2. The average molecular weight is 1030 g/mol. The number of carbonyl (C=O) groups excluding carboxylic acids is 2. The highest BCUT2D eigenvalue weighted by Crippen LogP contribution is 2.49. The summed E-state index contributed by atoms with van der Waals surface area (Å²) in [4.78, 5) is 54.4. The van der Waals surface area contributed by atoms with E-state index in [9.17, 15) is 64.0 Å². The van der Waals surface area contributed by atoms with Gasteiger partial charge in [-0.1, -0.05) is 140 Å². The molecule has 69 heavy (non-hydrogen) atoms. The third kappa shape index (κ3) is 33.3. The van der Waals surface area contributed by atoms with Gasteiger partial charge in [-0.05, 0) is 77.0 Å². The van der Waals surface area contributed by atoms with Gasteiger partial charge in [0.05, 0.1) is 18.8 Å². The predicted molar refractivity (Wildman–Crippen MR) is 262 cm³/mol. The second-order valence-electron chi connectivity index (χ2n) is 17.8. The fraction of sp³-hybridized carbons (Fsp3) is 0.796. The first-order chi connectivity index (χ1) is 32.9. The van der Waals surface area contributed by atoms with Crippen LogP contribution in [0.1, 0.15) is 181 Å². The normalized spacial score (nSPS) is 22.4. The summed E-state index contributed by atoms with van der Waals surface area (Å²) < 4.78 is 49.2. The molecule has 1 aliphatic rings. The molecule has 0 spiro atoms. The lowest BCUT2D eigenvalue weighted by atomic mass is 9.85. The van der Waals surface area contributed by atoms with Crippen molar-refractivity contribution in [3.05, 3.63) is 48.6 Å². The number of unbranched alkanes of at least 4 members (excludes halogenated alkanes) is 16. The van der Waals surface area contributed by atoms with Crippen molar-refractivity contribution in [2.75, 3.05) is 13.2 Å². The minimum Gasteiger partial charge on any atom is -0.462 e. The molecule has 10 atom stereocenters. The molecule has 0 radical (unpaired) electrons. The number of hydrogen-bond donors (Lipinski definition) is 9. The van der Waals surface area contributed by atoms with Gasteiger partial charge in [-0.15, -0.1) is 0 Å². The number of carbonyl (C=O) groups is 2. The molecule has 1 fully saturated rings. The molecule has 9 N–H and O–H groups in total. The minimum atomic E-state index is -5.40. The molecule has 1 rings (SSSR count). The molecule has 1 saturated carbocycles. The van der Waals surface area contributed by atoms with Crippen LogP contribution in [0.4, 0.5) is 0 Å². The van der Waals surface area contributed by atoms with E-state index in [1.165, 1.54) is 57.8 Å². The fourth-order valence-electron chi connectivity index (χ4n) is 7.48. The molecule has 1 aliphatic carbocycles. The summed E-state index contributed by atoms with van der Waals surface area (Å²) in [5.41, 5.74) is 0. The number of aliphatic hydroxyl groups is 6. The maximum atomic E-state index is 13.0. The van der Waals surface area contributed by atoms with Crippen molar-refractivity contribution in [2.45, 2.75) is 236 Å². The van der Waals surface area contributed by atoms with Crippen LogP contribution in [-0.2, 0) is 41.8 Å². The van der Waals surface area contributed by atoms with Crippen LogP contribution in [-0.4, -0.2) is 125 Å². The number of aliphatic hydroxyl groups excluding tert-OH is 6. The van der Waals surface area contributed by atoms with Crippen molar-refractivity contribution in [3.63, 3.8) is 0 Å². The van der Waals surface area contributed by atoms with Crippen molar-refractivity contribution in [1.29, 1.82) is 0 Å². The lowest BCUT2D eigenvalue weighted by Crippen LogP contribution is -2.64. The minimum absolute atomic E-state index is 0.0282. The largest absolute Gasteiger partial charge is 0.472 e. The number of phosphoric acid groups is 2. The van der Waals surface area contributed by atoms with E-state index in [1.54, 1.807) is 6.08 Å². The number of hydrogen-bond acceptors (Lipinski definition) is 15. The second-order valence-corrected chi connectivity index (χ2v) is 20.4. The monoisotopic (exact) mass is 1030 g/mol. The summed E-state index contributed by atoms with van der Waals surface area (Å²) in [6, 6.07) is 0. The van der Waals surface area contributed by atoms with Gasteiger partial charge in [0.1, 0.15) is 43.2 Å². The van der Waals surface area contributed by atoms with Crippen molar-refractivity contribution >= 4 is 27.6 Å². The van der Waals surface area contributed by atoms with E-state index in [0.29, 0.717) is 12.8 Å². The first kappa shape index (κ1) is 64.9. The Morgan fingerprint density at radius 3 is 1.57 bits per heavy atom. The highest BCUT2D eigenvalue weighted by molar-refractivity contribution is 7.47. The van der Waals surface area contributed by atoms with Crippen LogP contribution in [0.15, 0.2) is 48.6 Å². The Morgan fingerprint density at radius 1 is 0.522 bits per heavy atom. The molecule has 0 aromatic heterocycles. The van der Waals surface area contributed by atoms with Crippen LogP contribution < -0.4 is 0 Å². The smallest absolute Gasteiger partial charge is 0.462 e. The van der Waals surface area contributed by atoms with Crippen molar-refractivity contribution < 1.29 is 87.1 Å². The summed E-state index contributed by atoms with van der Waals surface area (Å²) >= 11 is 0. The van der Waals surface area contributed by atoms with E-state index in [2.05, 4.69) is 48.8 Å². The van der Waals surface area contributed by atoms with Crippen LogP contribution >= 0.6 is 15.6 Å². The van der Waals surface area contributed by atoms with Gasteiger partial charge in [0.25, 0.3) is 0 Å². The Hall–Kier alpha value is -2.12. The molecular formula is C49H88O18P2. The van der Waals surface area contributed by atoms with Gasteiger partial charge in [0, 0.05) is 12.8 Å². The van der Waals surface area contributed by atoms with E-state index < -0.39 is 95.7 Å². The molecule has 0 bridgehead atoms. The van der Waals surface area contributed by atoms with Crippen LogP contribution in [0, 0.1) is 0 Å². The fourth-order valence-corrected chi connectivity index (χ4v) is 9.02. The molecular weight excluding hydrogens is 938 g/mol. The lowest BCUT2D eigenvalue weighted by molar-refractivity contribution is -0.216. The third-order valence-electron chi connectivity index (χ3n) is 11.6. The van der Waals surface area contributed by atoms with Crippen LogP contribution in [0.2, 0.25) is 0 Å². The van der Waals surface area contributed by atoms with Gasteiger partial charge in [0.2, 0.25) is 0 Å². The summed E-state index contributed by atoms with van der Waals surface area (Å²) in [5.74, 6) is -1.49. The highest BCUT2D eigenvalue weighted by atomic mass is 31.2. The first-order valence-corrected chi connectivity index (χ1v) is 28.4. The van der Waals surface area contributed by atoms with Gasteiger partial charge >= 0.3 is 27.6 Å². The zero-order valence-corrected chi connectivity index (χ0v) is 43.0. The first-order valence-electron chi connectivity index (χ1n) is 25.3. The van der Waals surface area contributed by atoms with Crippen LogP contribution in [0.5, 0.6) is 0 Å². The van der Waals surface area contributed by atoms with Crippen molar-refractivity contribution in [1.82, 2.24) is 0 Å². The van der Waals surface area contributed by atoms with Crippen LogP contribution in [0.3, 0.4) is 0 Å². The van der Waals surface area contributed by atoms with Gasteiger partial charge in [0.15, 0.2) is 6.10 Å². The number of esters is 2. The summed E-state index contributed by atoms with van der Waals surface area (Å²) in [6.07, 6.45) is 22.0. The van der Waals surface area contributed by atoms with E-state index in [-0.39, 0.29) is 32.1 Å². The SMILES string of the molecule is CCCCC/C=C\C/C=C\C/C=C\CC(O)C(O)CCCC(=O)O[C@H](COC(=O)CCCCCCCCC/C=C\CCCCCCCC)COP(=O)(O)O[C@H]1C(O)C(O)C(O)[C@@H](OP(=O)(O)O)C1O. The van der Waals surface area contributed by atoms with Gasteiger partial charge in [-0.2, -0.15) is 0 Å². The standard InChI is InChI=1S/C49H88O18P2/c1-3-5-7-9-11-13-15-17-18-19-20-21-23-25-27-29-31-35-42(52)63-37-39(38-64-69(61,62)67-49-46(56)44(54)45(55)48(47(49)57)66-68(58,59)60)65-43(53)36-32-34-41(51)40(50)33-30-28-26-24-22-16-14-12-10-8-6-4-2/h12,14,17-18,22,24,28,30,39-41,44-51,54-57H,3-11,13,15-16,19-21,23,25-27,29,31-38H2,1-2H3,(H,61,62)(H2,58,59,60)/b14-12-,18-17-,24-22-,30-28-/t39-,40?,41?,44?,45?,46?,47?,48-,49+/m1/s1. The maximum absolute atomic E-state index is 13.0. The predicted octanol–water partition coefficient (Wildman–Crippen LogP) is 8.01. The van der Waals surface area contributed by atoms with E-state index in [0.717, 1.165) is 64.2 Å². The molecule has 0 aromatic carbocycles. The Bertz CT molecular complexity index is 1550. The molecule has 0 saturated heterocycles. The summed E-state index contributed by atoms with van der Waals surface area (Å²) in [6.45, 7) is 2.84. The molecule has 18 nitrogen and oxygen atoms in total. The Kier molecular flexibility index (Phi) is 37.1. The Labute approximate surface area is 411 Å². The highest BCUT2D eigenvalue weighted by Gasteiger charge is 2.54. The molecule has 0 aromatic rings. The number of allylic oxidation sites excluding steroid dienone is 7. The molecule has 7 unspecified atom stereocenters. The maximum Gasteiger partial charge on any atom is 0.472 e. The molecule has 0 amide bonds. The van der Waals surface area contributed by atoms with Crippen molar-refractivity contribution in [2.24, 2.45) is 0 Å². The third-order valence-corrected chi connectivity index (χ3v) is 13.1. The number of rotatable bonds is 42. The number of phosphoric ester groups is 2. The molecule has 20 heteroatoms. The summed E-state index contributed by atoms with van der Waals surface area (Å²) in [7, 11) is -10.8. The second kappa shape index (κ2) is 39.4. The Morgan fingerprint density at radius 2 is 0.986 bits per heavy atom. The lowest BCUT2D eigenvalue weighted by Gasteiger charge is -2.43. The van der Waals surface area contributed by atoms with E-state index in [1.807, 2.05) is 12.2 Å². The van der Waals surface area contributed by atoms with Gasteiger partial charge < -0.3 is 54.8 Å². The van der Waals surface area contributed by atoms with Gasteiger partial charge in [-0.3, -0.25) is 23.2 Å². The summed E-state index contributed by atoms with van der Waals surface area (Å²) in [5, 5.41) is 62.2. The quantitative estimate of drug-likeness (QED) is 0.0121. The zero-order valence-electron chi connectivity index (χ0n) is 41.2. The van der Waals surface area contributed by atoms with Gasteiger partial charge in [-0.25, -0.2) is 9.13 Å². The topological polar surface area (TPSA) is 296 Å². The van der Waals surface area contributed by atoms with E-state index in [4.69, 9.17) is 18.5 Å². The average Bonchev–Trinajstić information content (AvgIpc) is 3.30. The molecule has 0 aliphatic heterocycles.